The Morgan fingerprint density at radius 1 is 1.35 bits per heavy atom. The van der Waals surface area contributed by atoms with Crippen molar-refractivity contribution in [2.45, 2.75) is 31.6 Å². The molecule has 1 unspecified atom stereocenters. The van der Waals surface area contributed by atoms with Crippen LogP contribution < -0.4 is 4.74 Å². The zero-order valence-corrected chi connectivity index (χ0v) is 11.1. The Balaban J connectivity index is 1.79. The molecule has 0 aliphatic carbocycles. The van der Waals surface area contributed by atoms with Gasteiger partial charge in [0.15, 0.2) is 5.82 Å². The largest absolute Gasteiger partial charge is 0.493 e. The maximum atomic E-state index is 8.53. The van der Waals surface area contributed by atoms with Crippen LogP contribution in [0.1, 0.15) is 42.5 Å². The summed E-state index contributed by atoms with van der Waals surface area (Å²) in [6, 6.07) is 10.1. The molecular formula is C15H15N3O2. The minimum Gasteiger partial charge on any atom is -0.493 e. The lowest BCUT2D eigenvalue weighted by Gasteiger charge is -2.23. The fourth-order valence-corrected chi connectivity index (χ4v) is 2.44. The maximum absolute atomic E-state index is 8.53. The van der Waals surface area contributed by atoms with E-state index in [9.17, 15) is 0 Å². The summed E-state index contributed by atoms with van der Waals surface area (Å²) in [7, 11) is 0. The summed E-state index contributed by atoms with van der Waals surface area (Å²) in [6.45, 7) is 0.667. The number of hydrogen-bond acceptors (Lipinski definition) is 5. The van der Waals surface area contributed by atoms with Crippen molar-refractivity contribution in [2.24, 2.45) is 0 Å². The van der Waals surface area contributed by atoms with E-state index in [1.165, 1.54) is 0 Å². The Labute approximate surface area is 117 Å². The Morgan fingerprint density at radius 3 is 3.15 bits per heavy atom. The molecule has 1 aromatic carbocycles. The summed E-state index contributed by atoms with van der Waals surface area (Å²) >= 11 is 0. The highest BCUT2D eigenvalue weighted by Crippen LogP contribution is 2.36. The number of aromatic nitrogens is 2. The number of hydrogen-bond donors (Lipinski definition) is 0. The number of nitriles is 1. The average Bonchev–Trinajstić information content (AvgIpc) is 2.96. The van der Waals surface area contributed by atoms with Crippen LogP contribution in [0.15, 0.2) is 28.8 Å². The average molecular weight is 269 g/mol. The maximum Gasteiger partial charge on any atom is 0.226 e. The predicted molar refractivity (Wildman–Crippen MR) is 71.2 cm³/mol. The van der Waals surface area contributed by atoms with E-state index in [0.717, 1.165) is 24.2 Å². The van der Waals surface area contributed by atoms with Crippen molar-refractivity contribution in [2.75, 3.05) is 6.61 Å². The first-order valence-electron chi connectivity index (χ1n) is 6.79. The third kappa shape index (κ3) is 2.50. The molecule has 0 amide bonds. The highest BCUT2D eigenvalue weighted by Gasteiger charge is 2.26. The van der Waals surface area contributed by atoms with Crippen molar-refractivity contribution in [1.29, 1.82) is 5.26 Å². The molecule has 102 valence electrons. The van der Waals surface area contributed by atoms with Crippen LogP contribution >= 0.6 is 0 Å². The molecule has 0 saturated carbocycles. The first-order chi connectivity index (χ1) is 9.88. The van der Waals surface area contributed by atoms with E-state index in [1.807, 2.05) is 24.3 Å². The Kier molecular flexibility index (Phi) is 3.64. The molecule has 1 aromatic heterocycles. The standard InChI is InChI=1S/C15H15N3O2/c16-9-4-3-7-14-17-15(18-20-14)12-8-10-19-13-6-2-1-5-11(12)13/h1-2,5-6,12H,3-4,7-8,10H2. The van der Waals surface area contributed by atoms with Crippen LogP contribution in [0.4, 0.5) is 0 Å². The number of rotatable bonds is 4. The second kappa shape index (κ2) is 5.74. The van der Waals surface area contributed by atoms with E-state index < -0.39 is 0 Å². The summed E-state index contributed by atoms with van der Waals surface area (Å²) in [6.07, 6.45) is 2.78. The van der Waals surface area contributed by atoms with Crippen LogP contribution in [0.5, 0.6) is 5.75 Å². The van der Waals surface area contributed by atoms with Crippen LogP contribution in [0.25, 0.3) is 0 Å². The van der Waals surface area contributed by atoms with E-state index in [-0.39, 0.29) is 5.92 Å². The van der Waals surface area contributed by atoms with Gasteiger partial charge in [-0.2, -0.15) is 10.2 Å². The number of fused-ring (bicyclic) bond motifs is 1. The molecule has 1 aliphatic rings. The number of para-hydroxylation sites is 1. The summed E-state index contributed by atoms with van der Waals surface area (Å²) in [5.41, 5.74) is 1.11. The van der Waals surface area contributed by atoms with Crippen molar-refractivity contribution in [3.8, 4) is 11.8 Å². The van der Waals surface area contributed by atoms with Crippen LogP contribution in [0, 0.1) is 11.3 Å². The van der Waals surface area contributed by atoms with Gasteiger partial charge in [-0.25, -0.2) is 0 Å². The van der Waals surface area contributed by atoms with Crippen molar-refractivity contribution in [3.63, 3.8) is 0 Å². The van der Waals surface area contributed by atoms with Crippen LogP contribution in [0.3, 0.4) is 0 Å². The second-order valence-electron chi connectivity index (χ2n) is 4.79. The van der Waals surface area contributed by atoms with E-state index >= 15 is 0 Å². The second-order valence-corrected chi connectivity index (χ2v) is 4.79. The topological polar surface area (TPSA) is 71.9 Å². The molecule has 2 heterocycles. The number of ether oxygens (including phenoxy) is 1. The Hall–Kier alpha value is -2.35. The third-order valence-electron chi connectivity index (χ3n) is 3.43. The van der Waals surface area contributed by atoms with Gasteiger partial charge in [-0.05, 0) is 18.9 Å². The molecule has 0 spiro atoms. The van der Waals surface area contributed by atoms with Gasteiger partial charge in [0.25, 0.3) is 0 Å². The molecule has 1 atom stereocenters. The summed E-state index contributed by atoms with van der Waals surface area (Å²) in [4.78, 5) is 4.46. The van der Waals surface area contributed by atoms with Crippen LogP contribution in [-0.4, -0.2) is 16.7 Å². The molecule has 0 saturated heterocycles. The molecule has 0 fully saturated rings. The summed E-state index contributed by atoms with van der Waals surface area (Å²) < 4.78 is 10.9. The molecule has 5 nitrogen and oxygen atoms in total. The SMILES string of the molecule is N#CCCCc1nc(C2CCOc3ccccc32)no1. The third-order valence-corrected chi connectivity index (χ3v) is 3.43. The zero-order chi connectivity index (χ0) is 13.8. The number of benzene rings is 1. The molecule has 2 aromatic rings. The molecule has 20 heavy (non-hydrogen) atoms. The van der Waals surface area contributed by atoms with Crippen molar-refractivity contribution < 1.29 is 9.26 Å². The van der Waals surface area contributed by atoms with Crippen molar-refractivity contribution in [1.82, 2.24) is 10.1 Å². The van der Waals surface area contributed by atoms with E-state index in [1.54, 1.807) is 0 Å². The monoisotopic (exact) mass is 269 g/mol. The predicted octanol–water partition coefficient (Wildman–Crippen LogP) is 2.83. The normalized spacial score (nSPS) is 17.1. The quantitative estimate of drug-likeness (QED) is 0.798. The van der Waals surface area contributed by atoms with Crippen molar-refractivity contribution in [3.05, 3.63) is 41.5 Å². The van der Waals surface area contributed by atoms with Gasteiger partial charge in [0.05, 0.1) is 18.6 Å². The van der Waals surface area contributed by atoms with Gasteiger partial charge in [-0.15, -0.1) is 0 Å². The summed E-state index contributed by atoms with van der Waals surface area (Å²) in [5.74, 6) is 2.36. The molecule has 5 heteroatoms. The van der Waals surface area contributed by atoms with Gasteiger partial charge in [-0.1, -0.05) is 23.4 Å². The van der Waals surface area contributed by atoms with E-state index in [4.69, 9.17) is 14.5 Å². The number of aryl methyl sites for hydroxylation is 1. The van der Waals surface area contributed by atoms with Gasteiger partial charge in [0, 0.05) is 18.4 Å². The van der Waals surface area contributed by atoms with Gasteiger partial charge < -0.3 is 9.26 Å². The Bertz CT molecular complexity index is 630. The number of nitrogens with zero attached hydrogens (tertiary/aromatic N) is 3. The summed E-state index contributed by atoms with van der Waals surface area (Å²) in [5, 5.41) is 12.6. The van der Waals surface area contributed by atoms with E-state index in [2.05, 4.69) is 16.2 Å². The fourth-order valence-electron chi connectivity index (χ4n) is 2.44. The fraction of sp³-hybridized carbons (Fsp3) is 0.400. The van der Waals surface area contributed by atoms with Gasteiger partial charge in [0.1, 0.15) is 5.75 Å². The lowest BCUT2D eigenvalue weighted by Crippen LogP contribution is -2.16. The van der Waals surface area contributed by atoms with Gasteiger partial charge in [0.2, 0.25) is 5.89 Å². The molecule has 0 N–H and O–H groups in total. The first-order valence-corrected chi connectivity index (χ1v) is 6.79. The lowest BCUT2D eigenvalue weighted by atomic mass is 9.92. The lowest BCUT2D eigenvalue weighted by molar-refractivity contribution is 0.272. The highest BCUT2D eigenvalue weighted by atomic mass is 16.5. The zero-order valence-electron chi connectivity index (χ0n) is 11.1. The molecule has 0 radical (unpaired) electrons. The van der Waals surface area contributed by atoms with Crippen LogP contribution in [-0.2, 0) is 6.42 Å². The van der Waals surface area contributed by atoms with Gasteiger partial charge >= 0.3 is 0 Å². The van der Waals surface area contributed by atoms with Gasteiger partial charge in [-0.3, -0.25) is 0 Å². The first kappa shape index (κ1) is 12.7. The minimum atomic E-state index is 0.133. The molecule has 3 rings (SSSR count). The Morgan fingerprint density at radius 2 is 2.25 bits per heavy atom. The molecular weight excluding hydrogens is 254 g/mol. The smallest absolute Gasteiger partial charge is 0.226 e. The van der Waals surface area contributed by atoms with Crippen molar-refractivity contribution >= 4 is 0 Å². The minimum absolute atomic E-state index is 0.133. The van der Waals surface area contributed by atoms with E-state index in [0.29, 0.717) is 31.2 Å². The molecule has 0 bridgehead atoms. The highest BCUT2D eigenvalue weighted by molar-refractivity contribution is 5.40. The van der Waals surface area contributed by atoms with Crippen LogP contribution in [0.2, 0.25) is 0 Å². The molecule has 1 aliphatic heterocycles. The number of unbranched alkanes of at least 4 members (excludes halogenated alkanes) is 1.